The molecule has 22 heavy (non-hydrogen) atoms. The average molecular weight is 300 g/mol. The maximum absolute atomic E-state index is 9.61. The van der Waals surface area contributed by atoms with Crippen LogP contribution in [0.4, 0.5) is 11.8 Å². The van der Waals surface area contributed by atoms with Gasteiger partial charge in [0, 0.05) is 25.8 Å². The summed E-state index contributed by atoms with van der Waals surface area (Å²) in [7, 11) is 0. The van der Waals surface area contributed by atoms with Gasteiger partial charge in [0.1, 0.15) is 5.82 Å². The van der Waals surface area contributed by atoms with Gasteiger partial charge in [0.15, 0.2) is 0 Å². The van der Waals surface area contributed by atoms with Crippen LogP contribution in [-0.4, -0.2) is 39.4 Å². The standard InChI is InChI=1S/C16H20N4O2/c21-11-13-3-1-2-12(8-13)9-18-16-17-6-4-15(19-16)20-7-5-14(22)10-20/h1-4,6,8,14,21-22H,5,7,9-11H2,(H,17,18,19). The maximum Gasteiger partial charge on any atom is 0.224 e. The number of hydrogen-bond acceptors (Lipinski definition) is 6. The van der Waals surface area contributed by atoms with E-state index in [1.807, 2.05) is 30.3 Å². The molecule has 0 radical (unpaired) electrons. The van der Waals surface area contributed by atoms with E-state index >= 15 is 0 Å². The number of aromatic nitrogens is 2. The van der Waals surface area contributed by atoms with E-state index in [1.165, 1.54) is 0 Å². The monoisotopic (exact) mass is 300 g/mol. The lowest BCUT2D eigenvalue weighted by atomic mass is 10.1. The summed E-state index contributed by atoms with van der Waals surface area (Å²) in [4.78, 5) is 10.8. The molecular formula is C16H20N4O2. The van der Waals surface area contributed by atoms with Gasteiger partial charge in [-0.3, -0.25) is 0 Å². The molecule has 0 saturated carbocycles. The lowest BCUT2D eigenvalue weighted by Crippen LogP contribution is -2.22. The molecule has 0 bridgehead atoms. The Kier molecular flexibility index (Phi) is 4.50. The zero-order valence-corrected chi connectivity index (χ0v) is 12.3. The molecule has 6 heteroatoms. The lowest BCUT2D eigenvalue weighted by molar-refractivity contribution is 0.198. The van der Waals surface area contributed by atoms with Crippen molar-refractivity contribution in [3.05, 3.63) is 47.7 Å². The highest BCUT2D eigenvalue weighted by Gasteiger charge is 2.21. The van der Waals surface area contributed by atoms with Crippen LogP contribution in [0.25, 0.3) is 0 Å². The van der Waals surface area contributed by atoms with Crippen molar-refractivity contribution in [1.82, 2.24) is 9.97 Å². The number of hydrogen-bond donors (Lipinski definition) is 3. The highest BCUT2D eigenvalue weighted by molar-refractivity contribution is 5.44. The van der Waals surface area contributed by atoms with Gasteiger partial charge in [0.05, 0.1) is 12.7 Å². The van der Waals surface area contributed by atoms with Crippen molar-refractivity contribution >= 4 is 11.8 Å². The molecule has 1 aliphatic heterocycles. The van der Waals surface area contributed by atoms with Gasteiger partial charge in [0.25, 0.3) is 0 Å². The Bertz CT molecular complexity index is 635. The Hall–Kier alpha value is -2.18. The molecule has 1 fully saturated rings. The Labute approximate surface area is 129 Å². The zero-order valence-electron chi connectivity index (χ0n) is 12.3. The fourth-order valence-corrected chi connectivity index (χ4v) is 2.58. The summed E-state index contributed by atoms with van der Waals surface area (Å²) in [5.74, 6) is 1.39. The number of aliphatic hydroxyl groups is 2. The van der Waals surface area contributed by atoms with E-state index in [9.17, 15) is 5.11 Å². The maximum atomic E-state index is 9.61. The minimum atomic E-state index is -0.271. The summed E-state index contributed by atoms with van der Waals surface area (Å²) < 4.78 is 0. The minimum Gasteiger partial charge on any atom is -0.392 e. The lowest BCUT2D eigenvalue weighted by Gasteiger charge is -2.17. The molecule has 1 atom stereocenters. The van der Waals surface area contributed by atoms with Crippen LogP contribution in [0.1, 0.15) is 17.5 Å². The molecule has 116 valence electrons. The molecule has 2 aromatic rings. The molecule has 1 saturated heterocycles. The number of aliphatic hydroxyl groups excluding tert-OH is 2. The number of benzene rings is 1. The number of nitrogens with one attached hydrogen (secondary N) is 1. The van der Waals surface area contributed by atoms with E-state index in [0.717, 1.165) is 29.9 Å². The van der Waals surface area contributed by atoms with Crippen LogP contribution < -0.4 is 10.2 Å². The molecule has 0 spiro atoms. The molecule has 0 aliphatic carbocycles. The van der Waals surface area contributed by atoms with Crippen LogP contribution in [0.15, 0.2) is 36.5 Å². The third-order valence-electron chi connectivity index (χ3n) is 3.75. The van der Waals surface area contributed by atoms with Gasteiger partial charge in [-0.2, -0.15) is 4.98 Å². The number of nitrogens with zero attached hydrogens (tertiary/aromatic N) is 3. The van der Waals surface area contributed by atoms with Gasteiger partial charge >= 0.3 is 0 Å². The van der Waals surface area contributed by atoms with Gasteiger partial charge in [-0.25, -0.2) is 4.98 Å². The van der Waals surface area contributed by atoms with Crippen LogP contribution in [0.3, 0.4) is 0 Å². The highest BCUT2D eigenvalue weighted by Crippen LogP contribution is 2.18. The summed E-state index contributed by atoms with van der Waals surface area (Å²) >= 11 is 0. The average Bonchev–Trinajstić information content (AvgIpc) is 3.00. The molecule has 0 amide bonds. The topological polar surface area (TPSA) is 81.5 Å². The smallest absolute Gasteiger partial charge is 0.224 e. The first kappa shape index (κ1) is 14.7. The van der Waals surface area contributed by atoms with Crippen LogP contribution in [0.2, 0.25) is 0 Å². The molecule has 2 heterocycles. The van der Waals surface area contributed by atoms with Crippen molar-refractivity contribution in [2.24, 2.45) is 0 Å². The summed E-state index contributed by atoms with van der Waals surface area (Å²) in [5.41, 5.74) is 1.96. The Morgan fingerprint density at radius 3 is 2.91 bits per heavy atom. The van der Waals surface area contributed by atoms with Gasteiger partial charge in [-0.05, 0) is 23.6 Å². The van der Waals surface area contributed by atoms with E-state index in [-0.39, 0.29) is 12.7 Å². The van der Waals surface area contributed by atoms with Gasteiger partial charge < -0.3 is 20.4 Å². The number of β-amino-alcohol motifs (C(OH)–C–C–N with tert-alkyl or cyclic N) is 1. The first-order valence-electron chi connectivity index (χ1n) is 7.43. The highest BCUT2D eigenvalue weighted by atomic mass is 16.3. The van der Waals surface area contributed by atoms with Crippen LogP contribution in [0, 0.1) is 0 Å². The van der Waals surface area contributed by atoms with Gasteiger partial charge in [0.2, 0.25) is 5.95 Å². The van der Waals surface area contributed by atoms with Gasteiger partial charge in [-0.1, -0.05) is 24.3 Å². The molecular weight excluding hydrogens is 280 g/mol. The molecule has 1 aliphatic rings. The Balaban J connectivity index is 1.65. The number of anilines is 2. The third-order valence-corrected chi connectivity index (χ3v) is 3.75. The SMILES string of the molecule is OCc1cccc(CNc2nccc(N3CCC(O)C3)n2)c1. The minimum absolute atomic E-state index is 0.0388. The Morgan fingerprint density at radius 2 is 2.14 bits per heavy atom. The van der Waals surface area contributed by atoms with Crippen molar-refractivity contribution in [2.75, 3.05) is 23.3 Å². The molecule has 1 unspecified atom stereocenters. The quantitative estimate of drug-likeness (QED) is 0.768. The van der Waals surface area contributed by atoms with Crippen LogP contribution >= 0.6 is 0 Å². The van der Waals surface area contributed by atoms with Crippen LogP contribution in [-0.2, 0) is 13.2 Å². The second-order valence-electron chi connectivity index (χ2n) is 5.46. The van der Waals surface area contributed by atoms with Crippen molar-refractivity contribution < 1.29 is 10.2 Å². The number of rotatable bonds is 5. The molecule has 1 aromatic carbocycles. The first-order chi connectivity index (χ1) is 10.7. The molecule has 3 rings (SSSR count). The summed E-state index contributed by atoms with van der Waals surface area (Å²) in [6.45, 7) is 2.07. The second kappa shape index (κ2) is 6.72. The molecule has 1 aromatic heterocycles. The second-order valence-corrected chi connectivity index (χ2v) is 5.46. The molecule has 6 nitrogen and oxygen atoms in total. The first-order valence-corrected chi connectivity index (χ1v) is 7.43. The fourth-order valence-electron chi connectivity index (χ4n) is 2.58. The largest absolute Gasteiger partial charge is 0.392 e. The normalized spacial score (nSPS) is 17.7. The van der Waals surface area contributed by atoms with E-state index in [1.54, 1.807) is 6.20 Å². The summed E-state index contributed by atoms with van der Waals surface area (Å²) in [6.07, 6.45) is 2.23. The van der Waals surface area contributed by atoms with E-state index in [4.69, 9.17) is 5.11 Å². The van der Waals surface area contributed by atoms with E-state index in [0.29, 0.717) is 19.0 Å². The van der Waals surface area contributed by atoms with Crippen molar-refractivity contribution in [2.45, 2.75) is 25.7 Å². The van der Waals surface area contributed by atoms with Crippen molar-refractivity contribution in [3.8, 4) is 0 Å². The fraction of sp³-hybridized carbons (Fsp3) is 0.375. The summed E-state index contributed by atoms with van der Waals surface area (Å²) in [6, 6.07) is 9.61. The van der Waals surface area contributed by atoms with E-state index < -0.39 is 0 Å². The summed E-state index contributed by atoms with van der Waals surface area (Å²) in [5, 5.41) is 22.0. The van der Waals surface area contributed by atoms with Crippen LogP contribution in [0.5, 0.6) is 0 Å². The Morgan fingerprint density at radius 1 is 1.27 bits per heavy atom. The predicted molar refractivity (Wildman–Crippen MR) is 84.6 cm³/mol. The third kappa shape index (κ3) is 3.52. The predicted octanol–water partition coefficient (Wildman–Crippen LogP) is 1.15. The molecule has 3 N–H and O–H groups in total. The van der Waals surface area contributed by atoms with E-state index in [2.05, 4.69) is 20.2 Å². The van der Waals surface area contributed by atoms with Crippen molar-refractivity contribution in [1.29, 1.82) is 0 Å². The van der Waals surface area contributed by atoms with Gasteiger partial charge in [-0.15, -0.1) is 0 Å². The zero-order chi connectivity index (χ0) is 15.4. The van der Waals surface area contributed by atoms with Crippen molar-refractivity contribution in [3.63, 3.8) is 0 Å².